The molecule has 0 heterocycles. The third kappa shape index (κ3) is 3.25. The van der Waals surface area contributed by atoms with E-state index in [1.165, 1.54) is 16.7 Å². The van der Waals surface area contributed by atoms with Gasteiger partial charge in [-0.25, -0.2) is 0 Å². The van der Waals surface area contributed by atoms with Crippen molar-refractivity contribution in [1.82, 2.24) is 5.32 Å². The van der Waals surface area contributed by atoms with Crippen molar-refractivity contribution in [3.63, 3.8) is 0 Å². The molecule has 0 aromatic heterocycles. The largest absolute Gasteiger partial charge is 0.296 e. The summed E-state index contributed by atoms with van der Waals surface area (Å²) in [6.07, 6.45) is 2.00. The van der Waals surface area contributed by atoms with Crippen molar-refractivity contribution < 1.29 is 0 Å². The van der Waals surface area contributed by atoms with Crippen LogP contribution in [0.3, 0.4) is 0 Å². The molecule has 0 saturated heterocycles. The van der Waals surface area contributed by atoms with Crippen molar-refractivity contribution in [2.45, 2.75) is 12.1 Å². The Balaban J connectivity index is 2.01. The molecule has 1 N–H and O–H groups in total. The van der Waals surface area contributed by atoms with Gasteiger partial charge in [0.25, 0.3) is 0 Å². The third-order valence-corrected chi connectivity index (χ3v) is 4.18. The second kappa shape index (κ2) is 7.08. The highest BCUT2D eigenvalue weighted by Gasteiger charge is 2.30. The minimum atomic E-state index is -0.404. The average Bonchev–Trinajstić information content (AvgIpc) is 2.65. The van der Waals surface area contributed by atoms with Gasteiger partial charge in [0, 0.05) is 6.54 Å². The van der Waals surface area contributed by atoms with Gasteiger partial charge in [0.1, 0.15) is 0 Å². The fraction of sp³-hybridized carbons (Fsp3) is 0.0909. The van der Waals surface area contributed by atoms with Crippen molar-refractivity contribution in [1.29, 1.82) is 0 Å². The van der Waals surface area contributed by atoms with E-state index >= 15 is 0 Å². The highest BCUT2D eigenvalue weighted by atomic mass is 15.0. The number of benzene rings is 3. The molecule has 1 nitrogen and oxygen atoms in total. The molecule has 0 fully saturated rings. The number of hydrogen-bond donors (Lipinski definition) is 1. The van der Waals surface area contributed by atoms with Gasteiger partial charge in [-0.3, -0.25) is 5.32 Å². The quantitative estimate of drug-likeness (QED) is 0.638. The van der Waals surface area contributed by atoms with Gasteiger partial charge in [0.15, 0.2) is 0 Å². The summed E-state index contributed by atoms with van der Waals surface area (Å²) in [7, 11) is 0. The van der Waals surface area contributed by atoms with Crippen LogP contribution >= 0.6 is 0 Å². The zero-order chi connectivity index (χ0) is 16.0. The minimum absolute atomic E-state index is 0.404. The van der Waals surface area contributed by atoms with Crippen LogP contribution in [0.5, 0.6) is 0 Å². The minimum Gasteiger partial charge on any atom is -0.296 e. The molecule has 0 bridgehead atoms. The lowest BCUT2D eigenvalue weighted by Gasteiger charge is -2.33. The molecule has 0 atom stereocenters. The monoisotopic (exact) mass is 299 g/mol. The summed E-state index contributed by atoms with van der Waals surface area (Å²) in [4.78, 5) is 0. The van der Waals surface area contributed by atoms with E-state index in [1.54, 1.807) is 0 Å². The van der Waals surface area contributed by atoms with Crippen LogP contribution in [0.2, 0.25) is 0 Å². The first-order valence-electron chi connectivity index (χ1n) is 7.89. The maximum absolute atomic E-state index is 4.14. The number of rotatable bonds is 6. The lowest BCUT2D eigenvalue weighted by molar-refractivity contribution is 0.488. The normalized spacial score (nSPS) is 11.1. The summed E-state index contributed by atoms with van der Waals surface area (Å²) in [6.45, 7) is 4.91. The Morgan fingerprint density at radius 3 is 1.57 bits per heavy atom. The smallest absolute Gasteiger partial charge is 0.0877 e. The zero-order valence-corrected chi connectivity index (χ0v) is 13.2. The van der Waals surface area contributed by atoms with Gasteiger partial charge in [-0.1, -0.05) is 97.1 Å². The molecule has 0 unspecified atom stereocenters. The van der Waals surface area contributed by atoms with Crippen LogP contribution in [0, 0.1) is 0 Å². The maximum atomic E-state index is 4.14. The molecular weight excluding hydrogens is 278 g/mol. The second-order valence-corrected chi connectivity index (χ2v) is 5.58. The van der Waals surface area contributed by atoms with E-state index in [1.807, 2.05) is 24.3 Å². The van der Waals surface area contributed by atoms with Gasteiger partial charge in [0.2, 0.25) is 0 Å². The molecule has 23 heavy (non-hydrogen) atoms. The van der Waals surface area contributed by atoms with Crippen molar-refractivity contribution in [2.75, 3.05) is 0 Å². The topological polar surface area (TPSA) is 12.0 Å². The molecule has 0 radical (unpaired) electrons. The molecule has 3 rings (SSSR count). The molecule has 0 aliphatic rings. The van der Waals surface area contributed by atoms with E-state index in [0.29, 0.717) is 0 Å². The molecule has 3 aromatic rings. The van der Waals surface area contributed by atoms with Gasteiger partial charge >= 0.3 is 0 Å². The molecule has 0 aliphatic carbocycles. The Morgan fingerprint density at radius 1 is 0.696 bits per heavy atom. The van der Waals surface area contributed by atoms with E-state index in [2.05, 4.69) is 84.7 Å². The van der Waals surface area contributed by atoms with Gasteiger partial charge in [-0.05, 0) is 16.7 Å². The van der Waals surface area contributed by atoms with Crippen molar-refractivity contribution in [2.24, 2.45) is 0 Å². The predicted molar refractivity (Wildman–Crippen MR) is 97.1 cm³/mol. The van der Waals surface area contributed by atoms with E-state index in [4.69, 9.17) is 0 Å². The van der Waals surface area contributed by atoms with Gasteiger partial charge in [-0.2, -0.15) is 0 Å². The third-order valence-electron chi connectivity index (χ3n) is 4.18. The Hall–Kier alpha value is -2.64. The summed E-state index contributed by atoms with van der Waals surface area (Å²) < 4.78 is 0. The molecule has 0 aliphatic heterocycles. The Labute approximate surface area is 138 Å². The Morgan fingerprint density at radius 2 is 1.13 bits per heavy atom. The molecule has 3 aromatic carbocycles. The van der Waals surface area contributed by atoms with Crippen LogP contribution in [0.1, 0.15) is 16.7 Å². The van der Waals surface area contributed by atoms with Crippen LogP contribution in [0.4, 0.5) is 0 Å². The zero-order valence-electron chi connectivity index (χ0n) is 13.2. The summed E-state index contributed by atoms with van der Waals surface area (Å²) in [6, 6.07) is 31.4. The van der Waals surface area contributed by atoms with Crippen LogP contribution < -0.4 is 5.32 Å². The molecule has 114 valence electrons. The lowest BCUT2D eigenvalue weighted by Crippen LogP contribution is -2.41. The fourth-order valence-electron chi connectivity index (χ4n) is 2.92. The molecule has 0 saturated carbocycles. The van der Waals surface area contributed by atoms with E-state index < -0.39 is 5.54 Å². The van der Waals surface area contributed by atoms with Gasteiger partial charge < -0.3 is 0 Å². The molecule has 0 amide bonds. The fourth-order valence-corrected chi connectivity index (χ4v) is 2.92. The van der Waals surface area contributed by atoms with E-state index in [0.717, 1.165) is 6.54 Å². The van der Waals surface area contributed by atoms with Crippen molar-refractivity contribution in [3.8, 4) is 0 Å². The second-order valence-electron chi connectivity index (χ2n) is 5.58. The van der Waals surface area contributed by atoms with E-state index in [-0.39, 0.29) is 0 Å². The highest BCUT2D eigenvalue weighted by molar-refractivity contribution is 5.43. The van der Waals surface area contributed by atoms with Crippen molar-refractivity contribution in [3.05, 3.63) is 120 Å². The lowest BCUT2D eigenvalue weighted by atomic mass is 9.82. The summed E-state index contributed by atoms with van der Waals surface area (Å²) >= 11 is 0. The Kier molecular flexibility index (Phi) is 4.70. The first-order chi connectivity index (χ1) is 11.3. The van der Waals surface area contributed by atoms with Gasteiger partial charge in [-0.15, -0.1) is 6.58 Å². The summed E-state index contributed by atoms with van der Waals surface area (Å²) in [5.74, 6) is 0. The maximum Gasteiger partial charge on any atom is 0.0877 e. The van der Waals surface area contributed by atoms with Crippen molar-refractivity contribution >= 4 is 0 Å². The van der Waals surface area contributed by atoms with E-state index in [9.17, 15) is 0 Å². The molecular formula is C22H21N. The highest BCUT2D eigenvalue weighted by Crippen LogP contribution is 2.31. The average molecular weight is 299 g/mol. The standard InChI is InChI=1S/C22H21N/c1-2-22(20-14-8-4-9-15-20,21-16-10-5-11-17-21)23-18-19-12-6-3-7-13-19/h2-17,23H,1,18H2. The van der Waals surface area contributed by atoms with Crippen LogP contribution in [-0.2, 0) is 12.1 Å². The first kappa shape index (κ1) is 15.3. The van der Waals surface area contributed by atoms with Crippen LogP contribution in [0.15, 0.2) is 104 Å². The van der Waals surface area contributed by atoms with Crippen LogP contribution in [-0.4, -0.2) is 0 Å². The SMILES string of the molecule is C=CC(NCc1ccccc1)(c1ccccc1)c1ccccc1. The number of hydrogen-bond acceptors (Lipinski definition) is 1. The Bertz CT molecular complexity index is 693. The number of nitrogens with one attached hydrogen (secondary N) is 1. The molecule has 0 spiro atoms. The molecule has 1 heteroatoms. The van der Waals surface area contributed by atoms with Crippen LogP contribution in [0.25, 0.3) is 0 Å². The summed E-state index contributed by atoms with van der Waals surface area (Å²) in [5, 5.41) is 3.71. The predicted octanol–water partition coefficient (Wildman–Crippen LogP) is 4.91. The van der Waals surface area contributed by atoms with Gasteiger partial charge in [0.05, 0.1) is 5.54 Å². The first-order valence-corrected chi connectivity index (χ1v) is 7.89. The summed E-state index contributed by atoms with van der Waals surface area (Å²) in [5.41, 5.74) is 3.23.